The summed E-state index contributed by atoms with van der Waals surface area (Å²) in [5.41, 5.74) is 5.98. The number of carbonyl (C=O) groups is 1. The van der Waals surface area contributed by atoms with Crippen molar-refractivity contribution in [3.05, 3.63) is 58.7 Å². The maximum absolute atomic E-state index is 10.8. The van der Waals surface area contributed by atoms with Crippen molar-refractivity contribution in [2.75, 3.05) is 13.1 Å². The molecule has 1 saturated carbocycles. The van der Waals surface area contributed by atoms with Crippen LogP contribution in [0.15, 0.2) is 47.2 Å². The van der Waals surface area contributed by atoms with E-state index in [0.29, 0.717) is 0 Å². The molecule has 0 atom stereocenters. The molecule has 2 fully saturated rings. The monoisotopic (exact) mass is 422 g/mol. The second kappa shape index (κ2) is 9.39. The van der Waals surface area contributed by atoms with Crippen molar-refractivity contribution in [1.82, 2.24) is 4.90 Å². The van der Waals surface area contributed by atoms with Crippen LogP contribution in [0.5, 0.6) is 0 Å². The van der Waals surface area contributed by atoms with Gasteiger partial charge in [-0.15, -0.1) is 0 Å². The Labute approximate surface area is 185 Å². The van der Waals surface area contributed by atoms with Crippen molar-refractivity contribution in [2.45, 2.75) is 70.9 Å². The van der Waals surface area contributed by atoms with Crippen LogP contribution in [0.3, 0.4) is 0 Å². The number of piperidine rings is 1. The fourth-order valence-electron chi connectivity index (χ4n) is 4.78. The van der Waals surface area contributed by atoms with Gasteiger partial charge in [-0.05, 0) is 55.7 Å². The zero-order chi connectivity index (χ0) is 21.8. The molecular weight excluding hydrogens is 388 g/mol. The van der Waals surface area contributed by atoms with E-state index in [9.17, 15) is 4.79 Å². The Morgan fingerprint density at radius 2 is 2.00 bits per heavy atom. The van der Waals surface area contributed by atoms with Crippen molar-refractivity contribution in [2.24, 2.45) is 11.1 Å². The molecule has 0 unspecified atom stereocenters. The Hall–Kier alpha value is -2.40. The number of oxime groups is 1. The molecular formula is C26H34N2O3. The molecule has 0 amide bonds. The SMILES string of the molecule is CC=C(C=CCC(=O)O)C1=NOC2(CCN(Cc3cc(C)cc(CC4CC4)c3)CC2)C1. The summed E-state index contributed by atoms with van der Waals surface area (Å²) in [6, 6.07) is 7.09. The molecule has 2 aliphatic heterocycles. The maximum atomic E-state index is 10.8. The lowest BCUT2D eigenvalue weighted by Crippen LogP contribution is -2.44. The molecule has 1 aliphatic carbocycles. The Morgan fingerprint density at radius 3 is 2.68 bits per heavy atom. The van der Waals surface area contributed by atoms with E-state index < -0.39 is 5.97 Å². The van der Waals surface area contributed by atoms with Crippen LogP contribution >= 0.6 is 0 Å². The second-order valence-corrected chi connectivity index (χ2v) is 9.48. The third kappa shape index (κ3) is 5.85. The number of carboxylic acid groups (broad SMARTS) is 1. The molecule has 4 rings (SSSR count). The summed E-state index contributed by atoms with van der Waals surface area (Å²) in [4.78, 5) is 19.2. The minimum atomic E-state index is -0.826. The second-order valence-electron chi connectivity index (χ2n) is 9.48. The van der Waals surface area contributed by atoms with Gasteiger partial charge in [-0.1, -0.05) is 47.1 Å². The zero-order valence-electron chi connectivity index (χ0n) is 18.8. The number of aryl methyl sites for hydroxylation is 1. The van der Waals surface area contributed by atoms with Gasteiger partial charge in [0, 0.05) is 38.9 Å². The Kier molecular flexibility index (Phi) is 6.61. The third-order valence-electron chi connectivity index (χ3n) is 6.66. The molecule has 1 aromatic carbocycles. The highest BCUT2D eigenvalue weighted by atomic mass is 16.7. The van der Waals surface area contributed by atoms with Gasteiger partial charge in [0.15, 0.2) is 0 Å². The van der Waals surface area contributed by atoms with Crippen molar-refractivity contribution < 1.29 is 14.7 Å². The first kappa shape index (κ1) is 21.8. The average molecular weight is 423 g/mol. The van der Waals surface area contributed by atoms with Crippen molar-refractivity contribution in [1.29, 1.82) is 0 Å². The summed E-state index contributed by atoms with van der Waals surface area (Å²) < 4.78 is 0. The molecule has 5 nitrogen and oxygen atoms in total. The lowest BCUT2D eigenvalue weighted by Gasteiger charge is -2.37. The fraction of sp³-hybridized carbons (Fsp3) is 0.538. The predicted octanol–water partition coefficient (Wildman–Crippen LogP) is 5.04. The topological polar surface area (TPSA) is 62.1 Å². The van der Waals surface area contributed by atoms with Crippen LogP contribution < -0.4 is 0 Å². The molecule has 1 spiro atoms. The van der Waals surface area contributed by atoms with Gasteiger partial charge >= 0.3 is 5.97 Å². The highest BCUT2D eigenvalue weighted by molar-refractivity contribution is 6.03. The minimum absolute atomic E-state index is 0.0207. The molecule has 166 valence electrons. The summed E-state index contributed by atoms with van der Waals surface area (Å²) >= 11 is 0. The molecule has 0 bridgehead atoms. The smallest absolute Gasteiger partial charge is 0.307 e. The highest BCUT2D eigenvalue weighted by Crippen LogP contribution is 2.37. The van der Waals surface area contributed by atoms with Crippen molar-refractivity contribution >= 4 is 11.7 Å². The lowest BCUT2D eigenvalue weighted by molar-refractivity contribution is -0.136. The standard InChI is InChI=1S/C26H34N2O3/c1-3-23(5-4-6-25(29)30)24-17-26(31-27-24)9-11-28(12-10-26)18-22-14-19(2)13-21(16-22)15-20-7-8-20/h3-5,13-14,16,20H,6-12,15,17-18H2,1-2H3,(H,29,30). The van der Waals surface area contributed by atoms with Gasteiger partial charge < -0.3 is 9.94 Å². The number of likely N-dealkylation sites (tertiary alicyclic amines) is 1. The van der Waals surface area contributed by atoms with Gasteiger partial charge in [-0.25, -0.2) is 0 Å². The Balaban J connectivity index is 1.30. The van der Waals surface area contributed by atoms with Crippen molar-refractivity contribution in [3.63, 3.8) is 0 Å². The maximum Gasteiger partial charge on any atom is 0.307 e. The third-order valence-corrected chi connectivity index (χ3v) is 6.66. The van der Waals surface area contributed by atoms with Crippen LogP contribution in [0.4, 0.5) is 0 Å². The van der Waals surface area contributed by atoms with Crippen LogP contribution in [0.1, 0.15) is 62.1 Å². The number of nitrogens with zero attached hydrogens (tertiary/aromatic N) is 2. The quantitative estimate of drug-likeness (QED) is 0.597. The Bertz CT molecular complexity index is 903. The van der Waals surface area contributed by atoms with E-state index in [4.69, 9.17) is 9.94 Å². The number of allylic oxidation sites excluding steroid dienone is 3. The normalized spacial score (nSPS) is 21.5. The van der Waals surface area contributed by atoms with Gasteiger partial charge in [0.1, 0.15) is 5.60 Å². The largest absolute Gasteiger partial charge is 0.481 e. The van der Waals surface area contributed by atoms with Gasteiger partial charge in [0.25, 0.3) is 0 Å². The lowest BCUT2D eigenvalue weighted by atomic mass is 9.85. The number of aliphatic carboxylic acids is 1. The Morgan fingerprint density at radius 1 is 1.26 bits per heavy atom. The van der Waals surface area contributed by atoms with Crippen LogP contribution in [0.2, 0.25) is 0 Å². The highest BCUT2D eigenvalue weighted by Gasteiger charge is 2.42. The first-order valence-electron chi connectivity index (χ1n) is 11.6. The van der Waals surface area contributed by atoms with Crippen LogP contribution in [0.25, 0.3) is 0 Å². The first-order valence-corrected chi connectivity index (χ1v) is 11.6. The van der Waals surface area contributed by atoms with E-state index in [2.05, 4.69) is 35.2 Å². The molecule has 1 N–H and O–H groups in total. The zero-order valence-corrected chi connectivity index (χ0v) is 18.8. The molecule has 0 aromatic heterocycles. The molecule has 31 heavy (non-hydrogen) atoms. The summed E-state index contributed by atoms with van der Waals surface area (Å²) in [6.45, 7) is 7.18. The van der Waals surface area contributed by atoms with Gasteiger partial charge in [-0.3, -0.25) is 9.69 Å². The van der Waals surface area contributed by atoms with Crippen LogP contribution in [-0.4, -0.2) is 40.4 Å². The minimum Gasteiger partial charge on any atom is -0.481 e. The number of benzene rings is 1. The predicted molar refractivity (Wildman–Crippen MR) is 123 cm³/mol. The average Bonchev–Trinajstić information content (AvgIpc) is 3.45. The summed E-state index contributed by atoms with van der Waals surface area (Å²) in [5, 5.41) is 13.2. The molecule has 1 aromatic rings. The number of hydrogen-bond acceptors (Lipinski definition) is 4. The summed E-state index contributed by atoms with van der Waals surface area (Å²) in [5.74, 6) is 0.0904. The van der Waals surface area contributed by atoms with E-state index in [1.54, 1.807) is 6.08 Å². The van der Waals surface area contributed by atoms with E-state index in [1.165, 1.54) is 36.0 Å². The molecule has 1 saturated heterocycles. The van der Waals surface area contributed by atoms with Crippen molar-refractivity contribution in [3.8, 4) is 0 Å². The van der Waals surface area contributed by atoms with Crippen LogP contribution in [-0.2, 0) is 22.6 Å². The molecule has 0 radical (unpaired) electrons. The van der Waals surface area contributed by atoms with E-state index in [1.807, 2.05) is 19.1 Å². The fourth-order valence-corrected chi connectivity index (χ4v) is 4.78. The van der Waals surface area contributed by atoms with Gasteiger partial charge in [0.2, 0.25) is 0 Å². The number of carboxylic acids is 1. The number of rotatable bonds is 8. The molecule has 5 heteroatoms. The molecule has 3 aliphatic rings. The van der Waals surface area contributed by atoms with Gasteiger partial charge in [-0.2, -0.15) is 0 Å². The first-order chi connectivity index (χ1) is 14.9. The van der Waals surface area contributed by atoms with E-state index >= 15 is 0 Å². The van der Waals surface area contributed by atoms with E-state index in [0.717, 1.165) is 56.1 Å². The van der Waals surface area contributed by atoms with E-state index in [-0.39, 0.29) is 12.0 Å². The summed E-state index contributed by atoms with van der Waals surface area (Å²) in [7, 11) is 0. The van der Waals surface area contributed by atoms with Crippen LogP contribution in [0, 0.1) is 12.8 Å². The summed E-state index contributed by atoms with van der Waals surface area (Å²) in [6.07, 6.45) is 12.3. The number of hydrogen-bond donors (Lipinski definition) is 1. The molecule has 2 heterocycles. The van der Waals surface area contributed by atoms with Gasteiger partial charge in [0.05, 0.1) is 12.1 Å².